The van der Waals surface area contributed by atoms with E-state index in [2.05, 4.69) is 0 Å². The third-order valence-corrected chi connectivity index (χ3v) is 7.05. The Bertz CT molecular complexity index is 1290. The quantitative estimate of drug-likeness (QED) is 0.181. The van der Waals surface area contributed by atoms with Crippen molar-refractivity contribution in [2.75, 3.05) is 6.61 Å². The second-order valence-electron chi connectivity index (χ2n) is 10.1. The molecule has 0 saturated carbocycles. The van der Waals surface area contributed by atoms with Crippen LogP contribution in [0.1, 0.15) is 22.3 Å². The lowest BCUT2D eigenvalue weighted by Crippen LogP contribution is -2.61. The highest BCUT2D eigenvalue weighted by Gasteiger charge is 2.48. The highest BCUT2D eigenvalue weighted by Crippen LogP contribution is 2.30. The summed E-state index contributed by atoms with van der Waals surface area (Å²) in [6.45, 7) is 1.65. The number of ether oxygens (including phenoxy) is 5. The third kappa shape index (κ3) is 8.43. The molecule has 0 aliphatic carbocycles. The molecule has 0 spiro atoms. The minimum atomic E-state index is -0.846. The van der Waals surface area contributed by atoms with Crippen molar-refractivity contribution in [3.05, 3.63) is 144 Å². The molecular weight excluding hydrogens is 516 g/mol. The van der Waals surface area contributed by atoms with Gasteiger partial charge >= 0.3 is 0 Å². The maximum Gasteiger partial charge on any atom is 0.151 e. The molecule has 1 saturated heterocycles. The number of rotatable bonds is 14. The van der Waals surface area contributed by atoms with Crippen LogP contribution in [0.15, 0.2) is 121 Å². The molecule has 0 bridgehead atoms. The summed E-state index contributed by atoms with van der Waals surface area (Å²) in [5.74, 6) is 0. The molecule has 0 N–H and O–H groups in total. The fourth-order valence-electron chi connectivity index (χ4n) is 4.93. The Hall–Kier alpha value is -3.65. The van der Waals surface area contributed by atoms with Gasteiger partial charge in [-0.2, -0.15) is 0 Å². The molecule has 1 fully saturated rings. The Morgan fingerprint density at radius 2 is 0.902 bits per heavy atom. The van der Waals surface area contributed by atoms with Gasteiger partial charge < -0.3 is 28.5 Å². The lowest BCUT2D eigenvalue weighted by Gasteiger charge is -2.44. The van der Waals surface area contributed by atoms with Crippen LogP contribution in [-0.2, 0) is 54.9 Å². The smallest absolute Gasteiger partial charge is 0.151 e. The molecule has 1 aliphatic heterocycles. The molecule has 0 amide bonds. The molecule has 4 aromatic rings. The summed E-state index contributed by atoms with van der Waals surface area (Å²) >= 11 is 0. The fourth-order valence-corrected chi connectivity index (χ4v) is 4.93. The second kappa shape index (κ2) is 15.4. The van der Waals surface area contributed by atoms with Gasteiger partial charge in [-0.25, -0.2) is 0 Å². The first-order valence-corrected chi connectivity index (χ1v) is 14.0. The minimum Gasteiger partial charge on any atom is -0.374 e. The lowest BCUT2D eigenvalue weighted by molar-refractivity contribution is -0.264. The fraction of sp³-hybridized carbons (Fsp3) is 0.286. The van der Waals surface area contributed by atoms with Crippen LogP contribution >= 0.6 is 0 Å². The maximum atomic E-state index is 12.4. The number of aldehydes is 1. The number of hydrogen-bond donors (Lipinski definition) is 0. The standard InChI is InChI=1S/C35H36O6/c36-21-31-33(38-23-28-15-7-2-8-16-28)35(40-25-30-19-11-4-12-20-30)34(39-24-29-17-9-3-10-18-29)32(41-31)26-37-22-27-13-5-1-6-14-27/h1-21,31-35H,22-26H2/t31-,32+,33-,34+,35+/m0/s1. The van der Waals surface area contributed by atoms with E-state index in [0.29, 0.717) is 26.4 Å². The van der Waals surface area contributed by atoms with Crippen molar-refractivity contribution in [1.29, 1.82) is 0 Å². The number of carbonyl (C=O) groups is 1. The van der Waals surface area contributed by atoms with Gasteiger partial charge in [0.2, 0.25) is 0 Å². The summed E-state index contributed by atoms with van der Waals surface area (Å²) in [4.78, 5) is 12.4. The molecule has 0 unspecified atom stereocenters. The van der Waals surface area contributed by atoms with Crippen molar-refractivity contribution in [2.24, 2.45) is 0 Å². The summed E-state index contributed by atoms with van der Waals surface area (Å²) in [5, 5.41) is 0. The molecule has 0 aromatic heterocycles. The molecule has 5 atom stereocenters. The molecule has 5 rings (SSSR count). The molecule has 212 valence electrons. The second-order valence-corrected chi connectivity index (χ2v) is 10.1. The van der Waals surface area contributed by atoms with E-state index in [4.69, 9.17) is 23.7 Å². The van der Waals surface area contributed by atoms with E-state index in [1.807, 2.05) is 121 Å². The molecule has 1 aliphatic rings. The SMILES string of the molecule is O=C[C@@H]1O[C@H](COCc2ccccc2)[C@@H](OCc2ccccc2)[C@H](OCc2ccccc2)[C@H]1OCc1ccccc1. The van der Waals surface area contributed by atoms with Gasteiger partial charge in [0, 0.05) is 0 Å². The Morgan fingerprint density at radius 1 is 0.512 bits per heavy atom. The van der Waals surface area contributed by atoms with Gasteiger partial charge in [-0.1, -0.05) is 121 Å². The first-order valence-electron chi connectivity index (χ1n) is 14.0. The largest absolute Gasteiger partial charge is 0.374 e. The zero-order chi connectivity index (χ0) is 28.1. The van der Waals surface area contributed by atoms with E-state index in [9.17, 15) is 4.79 Å². The monoisotopic (exact) mass is 552 g/mol. The van der Waals surface area contributed by atoms with E-state index in [0.717, 1.165) is 28.5 Å². The Kier molecular flexibility index (Phi) is 10.8. The van der Waals surface area contributed by atoms with Crippen molar-refractivity contribution < 1.29 is 28.5 Å². The molecule has 41 heavy (non-hydrogen) atoms. The predicted molar refractivity (Wildman–Crippen MR) is 156 cm³/mol. The van der Waals surface area contributed by atoms with Gasteiger partial charge in [0.25, 0.3) is 0 Å². The maximum absolute atomic E-state index is 12.4. The summed E-state index contributed by atoms with van der Waals surface area (Å²) in [7, 11) is 0. The zero-order valence-electron chi connectivity index (χ0n) is 23.0. The Morgan fingerprint density at radius 3 is 1.34 bits per heavy atom. The molecule has 6 nitrogen and oxygen atoms in total. The third-order valence-electron chi connectivity index (χ3n) is 7.05. The van der Waals surface area contributed by atoms with Gasteiger partial charge in [0.05, 0.1) is 33.0 Å². The van der Waals surface area contributed by atoms with E-state index in [1.54, 1.807) is 0 Å². The summed E-state index contributed by atoms with van der Waals surface area (Å²) in [5.41, 5.74) is 4.09. The Labute approximate surface area is 241 Å². The number of benzene rings is 4. The van der Waals surface area contributed by atoms with E-state index in [1.165, 1.54) is 0 Å². The van der Waals surface area contributed by atoms with Crippen molar-refractivity contribution in [2.45, 2.75) is 56.9 Å². The van der Waals surface area contributed by atoms with Crippen LogP contribution in [0.5, 0.6) is 0 Å². The Balaban J connectivity index is 1.39. The van der Waals surface area contributed by atoms with Gasteiger partial charge in [0.1, 0.15) is 30.5 Å². The predicted octanol–water partition coefficient (Wildman–Crippen LogP) is 5.93. The highest BCUT2D eigenvalue weighted by molar-refractivity contribution is 5.58. The van der Waals surface area contributed by atoms with Crippen molar-refractivity contribution in [3.63, 3.8) is 0 Å². The van der Waals surface area contributed by atoms with Gasteiger partial charge in [-0.3, -0.25) is 0 Å². The van der Waals surface area contributed by atoms with Gasteiger partial charge in [-0.15, -0.1) is 0 Å². The lowest BCUT2D eigenvalue weighted by atomic mass is 9.94. The number of carbonyl (C=O) groups excluding carboxylic acids is 1. The van der Waals surface area contributed by atoms with Crippen LogP contribution in [0, 0.1) is 0 Å². The van der Waals surface area contributed by atoms with Crippen LogP contribution in [0.4, 0.5) is 0 Å². The zero-order valence-corrected chi connectivity index (χ0v) is 23.0. The summed E-state index contributed by atoms with van der Waals surface area (Å²) < 4.78 is 31.9. The molecule has 4 aromatic carbocycles. The minimum absolute atomic E-state index is 0.231. The molecule has 1 heterocycles. The van der Waals surface area contributed by atoms with Crippen LogP contribution < -0.4 is 0 Å². The van der Waals surface area contributed by atoms with Crippen LogP contribution in [0.25, 0.3) is 0 Å². The van der Waals surface area contributed by atoms with Crippen molar-refractivity contribution in [1.82, 2.24) is 0 Å². The normalized spacial score (nSPS) is 22.3. The number of hydrogen-bond acceptors (Lipinski definition) is 6. The topological polar surface area (TPSA) is 63.2 Å². The summed E-state index contributed by atoms with van der Waals surface area (Å²) in [6.07, 6.45) is -2.41. The van der Waals surface area contributed by atoms with Crippen LogP contribution in [0.3, 0.4) is 0 Å². The average molecular weight is 553 g/mol. The van der Waals surface area contributed by atoms with E-state index < -0.39 is 30.5 Å². The molecule has 0 radical (unpaired) electrons. The van der Waals surface area contributed by atoms with Crippen molar-refractivity contribution in [3.8, 4) is 0 Å². The van der Waals surface area contributed by atoms with E-state index >= 15 is 0 Å². The summed E-state index contributed by atoms with van der Waals surface area (Å²) in [6, 6.07) is 39.7. The molecule has 6 heteroatoms. The highest BCUT2D eigenvalue weighted by atomic mass is 16.6. The molecular formula is C35H36O6. The first-order chi connectivity index (χ1) is 20.3. The van der Waals surface area contributed by atoms with Crippen LogP contribution in [-0.4, -0.2) is 43.4 Å². The van der Waals surface area contributed by atoms with E-state index in [-0.39, 0.29) is 6.61 Å². The van der Waals surface area contributed by atoms with Crippen molar-refractivity contribution >= 4 is 6.29 Å². The first kappa shape index (κ1) is 28.9. The van der Waals surface area contributed by atoms with Gasteiger partial charge in [0.15, 0.2) is 6.29 Å². The van der Waals surface area contributed by atoms with Gasteiger partial charge in [-0.05, 0) is 22.3 Å². The van der Waals surface area contributed by atoms with Crippen LogP contribution in [0.2, 0.25) is 0 Å². The average Bonchev–Trinajstić information content (AvgIpc) is 3.04.